The van der Waals surface area contributed by atoms with Crippen molar-refractivity contribution >= 4 is 41.0 Å². The van der Waals surface area contributed by atoms with Gasteiger partial charge < -0.3 is 10.6 Å². The van der Waals surface area contributed by atoms with Gasteiger partial charge in [-0.25, -0.2) is 4.98 Å². The average Bonchev–Trinajstić information content (AvgIpc) is 2.97. The second kappa shape index (κ2) is 7.35. The van der Waals surface area contributed by atoms with Crippen molar-refractivity contribution in [1.82, 2.24) is 9.88 Å². The van der Waals surface area contributed by atoms with Crippen molar-refractivity contribution in [2.24, 2.45) is 5.73 Å². The van der Waals surface area contributed by atoms with Crippen molar-refractivity contribution in [3.63, 3.8) is 0 Å². The number of thiazole rings is 1. The van der Waals surface area contributed by atoms with Gasteiger partial charge in [0.05, 0.1) is 11.6 Å². The molecule has 0 saturated heterocycles. The molecule has 4 nitrogen and oxygen atoms in total. The van der Waals surface area contributed by atoms with E-state index in [-0.39, 0.29) is 18.3 Å². The van der Waals surface area contributed by atoms with Crippen LogP contribution in [0.15, 0.2) is 22.9 Å². The molecule has 0 spiro atoms. The summed E-state index contributed by atoms with van der Waals surface area (Å²) in [6, 6.07) is 4.50. The van der Waals surface area contributed by atoms with E-state index in [9.17, 15) is 4.79 Å². The predicted molar refractivity (Wildman–Crippen MR) is 89.3 cm³/mol. The predicted octanol–water partition coefficient (Wildman–Crippen LogP) is 2.93. The first-order chi connectivity index (χ1) is 9.78. The molecule has 1 aliphatic carbocycles. The molecule has 1 aliphatic rings. The number of nitrogens with two attached hydrogens (primary N) is 1. The number of rotatable bonds is 6. The summed E-state index contributed by atoms with van der Waals surface area (Å²) in [5.41, 5.74) is 6.10. The summed E-state index contributed by atoms with van der Waals surface area (Å²) in [5, 5.41) is 4.85. The van der Waals surface area contributed by atoms with E-state index < -0.39 is 0 Å². The first kappa shape index (κ1) is 16.4. The zero-order valence-corrected chi connectivity index (χ0v) is 14.0. The molecule has 0 atom stereocenters. The summed E-state index contributed by atoms with van der Waals surface area (Å²) >= 11 is 3.22. The van der Waals surface area contributed by atoms with Crippen LogP contribution in [0.1, 0.15) is 33.2 Å². The smallest absolute Gasteiger partial charge is 0.273 e. The quantitative estimate of drug-likeness (QED) is 0.877. The number of carbonyl (C=O) groups excluding carboxylic acids is 1. The van der Waals surface area contributed by atoms with Crippen LogP contribution in [0.2, 0.25) is 0 Å². The molecule has 2 aromatic heterocycles. The van der Waals surface area contributed by atoms with Gasteiger partial charge in [0.15, 0.2) is 0 Å². The molecule has 1 fully saturated rings. The third-order valence-electron chi connectivity index (χ3n) is 3.28. The minimum atomic E-state index is 0. The summed E-state index contributed by atoms with van der Waals surface area (Å²) in [7, 11) is 0. The average molecular weight is 344 g/mol. The molecule has 1 saturated carbocycles. The largest absolute Gasteiger partial charge is 0.330 e. The van der Waals surface area contributed by atoms with Crippen LogP contribution in [0.5, 0.6) is 0 Å². The number of amides is 1. The topological polar surface area (TPSA) is 59.2 Å². The number of hydrogen-bond donors (Lipinski definition) is 1. The molecule has 114 valence electrons. The van der Waals surface area contributed by atoms with Crippen LogP contribution in [-0.4, -0.2) is 28.4 Å². The fourth-order valence-electron chi connectivity index (χ4n) is 2.12. The normalized spacial score (nSPS) is 13.8. The number of thiophene rings is 1. The molecule has 2 N–H and O–H groups in total. The highest BCUT2D eigenvalue weighted by atomic mass is 35.5. The van der Waals surface area contributed by atoms with Crippen LogP contribution >= 0.6 is 35.1 Å². The van der Waals surface area contributed by atoms with E-state index in [0.717, 1.165) is 24.3 Å². The molecule has 0 aromatic carbocycles. The van der Waals surface area contributed by atoms with E-state index in [2.05, 4.69) is 11.1 Å². The molecule has 0 aliphatic heterocycles. The molecule has 1 amide bonds. The number of carbonyl (C=O) groups is 1. The van der Waals surface area contributed by atoms with Crippen molar-refractivity contribution in [3.05, 3.63) is 38.5 Å². The van der Waals surface area contributed by atoms with Crippen molar-refractivity contribution in [2.45, 2.75) is 31.8 Å². The lowest BCUT2D eigenvalue weighted by atomic mass is 10.3. The second-order valence-electron chi connectivity index (χ2n) is 4.91. The minimum Gasteiger partial charge on any atom is -0.330 e. The Morgan fingerprint density at radius 2 is 2.24 bits per heavy atom. The van der Waals surface area contributed by atoms with Gasteiger partial charge in [-0.2, -0.15) is 0 Å². The van der Waals surface area contributed by atoms with Crippen molar-refractivity contribution < 1.29 is 4.79 Å². The van der Waals surface area contributed by atoms with Crippen LogP contribution in [0.4, 0.5) is 0 Å². The molecule has 7 heteroatoms. The molecular weight excluding hydrogens is 326 g/mol. The highest BCUT2D eigenvalue weighted by Crippen LogP contribution is 2.30. The maximum absolute atomic E-state index is 12.6. The van der Waals surface area contributed by atoms with Crippen LogP contribution < -0.4 is 5.73 Å². The van der Waals surface area contributed by atoms with Gasteiger partial charge >= 0.3 is 0 Å². The van der Waals surface area contributed by atoms with E-state index in [1.54, 1.807) is 11.3 Å². The van der Waals surface area contributed by atoms with Crippen molar-refractivity contribution in [2.75, 3.05) is 6.54 Å². The monoisotopic (exact) mass is 343 g/mol. The molecule has 0 radical (unpaired) electrons. The standard InChI is InChI=1S/C14H17N3OS2.ClH/c15-6-5-13-16-12(9-20-13)14(18)17(10-3-4-10)8-11-2-1-7-19-11;/h1-2,7,9-10H,3-6,8,15H2;1H. The summed E-state index contributed by atoms with van der Waals surface area (Å²) in [5.74, 6) is 0.0559. The molecule has 21 heavy (non-hydrogen) atoms. The first-order valence-corrected chi connectivity index (χ1v) is 8.51. The van der Waals surface area contributed by atoms with Gasteiger partial charge in [0, 0.05) is 22.7 Å². The summed E-state index contributed by atoms with van der Waals surface area (Å²) in [6.07, 6.45) is 2.96. The zero-order valence-electron chi connectivity index (χ0n) is 11.5. The molecule has 2 aromatic rings. The Morgan fingerprint density at radius 3 is 2.86 bits per heavy atom. The Hall–Kier alpha value is -0.950. The van der Waals surface area contributed by atoms with E-state index in [4.69, 9.17) is 5.73 Å². The van der Waals surface area contributed by atoms with E-state index in [1.807, 2.05) is 21.7 Å². The number of halogens is 1. The number of aromatic nitrogens is 1. The molecule has 0 unspecified atom stereocenters. The zero-order chi connectivity index (χ0) is 13.9. The summed E-state index contributed by atoms with van der Waals surface area (Å²) in [4.78, 5) is 20.2. The van der Waals surface area contributed by atoms with E-state index >= 15 is 0 Å². The molecule has 0 bridgehead atoms. The fourth-order valence-corrected chi connectivity index (χ4v) is 3.61. The Bertz CT molecular complexity index is 581. The Morgan fingerprint density at radius 1 is 1.43 bits per heavy atom. The van der Waals surface area contributed by atoms with Gasteiger partial charge in [-0.1, -0.05) is 6.07 Å². The Kier molecular flexibility index (Phi) is 5.75. The van der Waals surface area contributed by atoms with E-state index in [1.165, 1.54) is 16.2 Å². The third kappa shape index (κ3) is 4.03. The van der Waals surface area contributed by atoms with E-state index in [0.29, 0.717) is 24.8 Å². The lowest BCUT2D eigenvalue weighted by Crippen LogP contribution is -2.32. The van der Waals surface area contributed by atoms with Gasteiger partial charge in [0.1, 0.15) is 5.69 Å². The highest BCUT2D eigenvalue weighted by Gasteiger charge is 2.34. The van der Waals surface area contributed by atoms with Gasteiger partial charge in [-0.05, 0) is 30.8 Å². The van der Waals surface area contributed by atoms with Crippen LogP contribution in [0.25, 0.3) is 0 Å². The van der Waals surface area contributed by atoms with Crippen molar-refractivity contribution in [1.29, 1.82) is 0 Å². The highest BCUT2D eigenvalue weighted by molar-refractivity contribution is 7.10. The molecule has 2 heterocycles. The fraction of sp³-hybridized carbons (Fsp3) is 0.429. The second-order valence-corrected chi connectivity index (χ2v) is 6.88. The maximum Gasteiger partial charge on any atom is 0.273 e. The number of hydrogen-bond acceptors (Lipinski definition) is 5. The lowest BCUT2D eigenvalue weighted by molar-refractivity contribution is 0.0726. The Labute approximate surface area is 138 Å². The Balaban J connectivity index is 0.00000161. The lowest BCUT2D eigenvalue weighted by Gasteiger charge is -2.20. The van der Waals surface area contributed by atoms with Gasteiger partial charge in [0.2, 0.25) is 0 Å². The first-order valence-electron chi connectivity index (χ1n) is 6.75. The third-order valence-corrected chi connectivity index (χ3v) is 5.05. The van der Waals surface area contributed by atoms with Gasteiger partial charge in [-0.15, -0.1) is 35.1 Å². The SMILES string of the molecule is Cl.NCCc1nc(C(=O)N(Cc2cccs2)C2CC2)cs1. The van der Waals surface area contributed by atoms with Crippen molar-refractivity contribution in [3.8, 4) is 0 Å². The number of nitrogens with zero attached hydrogens (tertiary/aromatic N) is 2. The molecule has 3 rings (SSSR count). The molecular formula is C14H18ClN3OS2. The minimum absolute atomic E-state index is 0. The van der Waals surface area contributed by atoms with Gasteiger partial charge in [-0.3, -0.25) is 4.79 Å². The summed E-state index contributed by atoms with van der Waals surface area (Å²) in [6.45, 7) is 1.27. The maximum atomic E-state index is 12.6. The van der Waals surface area contributed by atoms with Gasteiger partial charge in [0.25, 0.3) is 5.91 Å². The van der Waals surface area contributed by atoms with Crippen LogP contribution in [-0.2, 0) is 13.0 Å². The summed E-state index contributed by atoms with van der Waals surface area (Å²) < 4.78 is 0. The van der Waals surface area contributed by atoms with Crippen LogP contribution in [0.3, 0.4) is 0 Å². The van der Waals surface area contributed by atoms with Crippen LogP contribution in [0, 0.1) is 0 Å².